The van der Waals surface area contributed by atoms with Gasteiger partial charge in [0.2, 0.25) is 5.91 Å². The molecule has 0 bridgehead atoms. The van der Waals surface area contributed by atoms with Crippen LogP contribution in [0, 0.1) is 0 Å². The molecule has 1 fully saturated rings. The summed E-state index contributed by atoms with van der Waals surface area (Å²) in [5.41, 5.74) is 2.81. The first kappa shape index (κ1) is 19.0. The number of hydrogen-bond donors (Lipinski definition) is 1. The Balaban J connectivity index is 1.76. The van der Waals surface area contributed by atoms with Crippen LogP contribution in [0.3, 0.4) is 0 Å². The molecule has 142 valence electrons. The topological polar surface area (TPSA) is 65.5 Å². The highest BCUT2D eigenvalue weighted by Crippen LogP contribution is 2.12. The van der Waals surface area contributed by atoms with Crippen LogP contribution >= 0.6 is 0 Å². The lowest BCUT2D eigenvalue weighted by Crippen LogP contribution is -2.50. The number of hydrogen-bond acceptors (Lipinski definition) is 4. The Labute approximate surface area is 160 Å². The number of rotatable bonds is 6. The molecule has 1 aliphatic rings. The Kier molecular flexibility index (Phi) is 6.54. The van der Waals surface area contributed by atoms with Gasteiger partial charge in [-0.3, -0.25) is 14.6 Å². The molecule has 1 saturated heterocycles. The van der Waals surface area contributed by atoms with Crippen molar-refractivity contribution in [3.63, 3.8) is 0 Å². The van der Waals surface area contributed by atoms with Crippen LogP contribution in [0.2, 0.25) is 0 Å². The van der Waals surface area contributed by atoms with Crippen LogP contribution in [0.4, 0.5) is 0 Å². The predicted molar refractivity (Wildman–Crippen MR) is 104 cm³/mol. The minimum atomic E-state index is -0.152. The SMILES string of the molecule is CCc1ccc(CN(CC(=O)N2CCNCC2)C(=O)c2ccncc2)cc1. The quantitative estimate of drug-likeness (QED) is 0.845. The fourth-order valence-electron chi connectivity index (χ4n) is 3.15. The van der Waals surface area contributed by atoms with E-state index in [0.717, 1.165) is 25.1 Å². The Morgan fingerprint density at radius 1 is 1.04 bits per heavy atom. The van der Waals surface area contributed by atoms with Gasteiger partial charge in [-0.1, -0.05) is 31.2 Å². The molecule has 6 nitrogen and oxygen atoms in total. The van der Waals surface area contributed by atoms with E-state index in [2.05, 4.69) is 29.4 Å². The van der Waals surface area contributed by atoms with Crippen molar-refractivity contribution in [2.75, 3.05) is 32.7 Å². The molecule has 0 unspecified atom stereocenters. The molecule has 0 saturated carbocycles. The van der Waals surface area contributed by atoms with E-state index in [1.165, 1.54) is 5.56 Å². The summed E-state index contributed by atoms with van der Waals surface area (Å²) < 4.78 is 0. The maximum atomic E-state index is 13.0. The van der Waals surface area contributed by atoms with Gasteiger partial charge >= 0.3 is 0 Å². The normalized spacial score (nSPS) is 14.0. The second-order valence-electron chi connectivity index (χ2n) is 6.70. The highest BCUT2D eigenvalue weighted by molar-refractivity contribution is 5.96. The fourth-order valence-corrected chi connectivity index (χ4v) is 3.15. The number of pyridine rings is 1. The van der Waals surface area contributed by atoms with Crippen molar-refractivity contribution in [1.82, 2.24) is 20.1 Å². The number of aryl methyl sites for hydroxylation is 1. The maximum Gasteiger partial charge on any atom is 0.254 e. The zero-order valence-corrected chi connectivity index (χ0v) is 15.7. The summed E-state index contributed by atoms with van der Waals surface area (Å²) >= 11 is 0. The summed E-state index contributed by atoms with van der Waals surface area (Å²) in [4.78, 5) is 33.2. The summed E-state index contributed by atoms with van der Waals surface area (Å²) in [7, 11) is 0. The second kappa shape index (κ2) is 9.28. The van der Waals surface area contributed by atoms with Gasteiger partial charge in [0, 0.05) is 50.7 Å². The molecule has 1 aliphatic heterocycles. The standard InChI is InChI=1S/C21H26N4O2/c1-2-17-3-5-18(6-4-17)15-25(21(27)19-7-9-22-10-8-19)16-20(26)24-13-11-23-12-14-24/h3-10,23H,2,11-16H2,1H3. The largest absolute Gasteiger partial charge is 0.339 e. The molecule has 2 aromatic rings. The third-order valence-corrected chi connectivity index (χ3v) is 4.81. The van der Waals surface area contributed by atoms with Crippen LogP contribution in [0.5, 0.6) is 0 Å². The number of piperazine rings is 1. The van der Waals surface area contributed by atoms with E-state index in [1.807, 2.05) is 17.0 Å². The molecule has 6 heteroatoms. The lowest BCUT2D eigenvalue weighted by Gasteiger charge is -2.30. The van der Waals surface area contributed by atoms with E-state index >= 15 is 0 Å². The van der Waals surface area contributed by atoms with Crippen LogP contribution in [-0.2, 0) is 17.8 Å². The summed E-state index contributed by atoms with van der Waals surface area (Å²) in [5.74, 6) is -0.162. The van der Waals surface area contributed by atoms with E-state index < -0.39 is 0 Å². The molecule has 3 rings (SSSR count). The molecule has 0 aliphatic carbocycles. The summed E-state index contributed by atoms with van der Waals surface area (Å²) in [5, 5.41) is 3.24. The van der Waals surface area contributed by atoms with Gasteiger partial charge < -0.3 is 15.1 Å². The number of nitrogens with one attached hydrogen (secondary N) is 1. The third-order valence-electron chi connectivity index (χ3n) is 4.81. The van der Waals surface area contributed by atoms with Crippen molar-refractivity contribution in [3.8, 4) is 0 Å². The molecule has 27 heavy (non-hydrogen) atoms. The van der Waals surface area contributed by atoms with Crippen molar-refractivity contribution in [3.05, 3.63) is 65.5 Å². The van der Waals surface area contributed by atoms with Crippen molar-refractivity contribution < 1.29 is 9.59 Å². The minimum Gasteiger partial charge on any atom is -0.339 e. The average molecular weight is 366 g/mol. The number of amides is 2. The smallest absolute Gasteiger partial charge is 0.254 e. The summed E-state index contributed by atoms with van der Waals surface area (Å²) in [6.45, 7) is 5.55. The van der Waals surface area contributed by atoms with E-state index in [4.69, 9.17) is 0 Å². The number of aromatic nitrogens is 1. The molecule has 0 spiro atoms. The number of benzene rings is 1. The second-order valence-corrected chi connectivity index (χ2v) is 6.70. The highest BCUT2D eigenvalue weighted by Gasteiger charge is 2.23. The lowest BCUT2D eigenvalue weighted by molar-refractivity contribution is -0.132. The van der Waals surface area contributed by atoms with Gasteiger partial charge in [-0.15, -0.1) is 0 Å². The van der Waals surface area contributed by atoms with Gasteiger partial charge in [0.25, 0.3) is 5.91 Å². The first-order valence-electron chi connectivity index (χ1n) is 9.43. The highest BCUT2D eigenvalue weighted by atomic mass is 16.2. The van der Waals surface area contributed by atoms with E-state index in [1.54, 1.807) is 29.4 Å². The Hall–Kier alpha value is -2.73. The third kappa shape index (κ3) is 5.14. The molecular formula is C21H26N4O2. The minimum absolute atomic E-state index is 0.0101. The number of nitrogens with zero attached hydrogens (tertiary/aromatic N) is 3. The van der Waals surface area contributed by atoms with Gasteiger partial charge in [0.15, 0.2) is 0 Å². The maximum absolute atomic E-state index is 13.0. The van der Waals surface area contributed by atoms with Crippen LogP contribution < -0.4 is 5.32 Å². The summed E-state index contributed by atoms with van der Waals surface area (Å²) in [6.07, 6.45) is 4.17. The zero-order valence-electron chi connectivity index (χ0n) is 15.7. The fraction of sp³-hybridized carbons (Fsp3) is 0.381. The van der Waals surface area contributed by atoms with Crippen molar-refractivity contribution in [2.45, 2.75) is 19.9 Å². The Morgan fingerprint density at radius 2 is 1.67 bits per heavy atom. The van der Waals surface area contributed by atoms with Crippen LogP contribution in [0.25, 0.3) is 0 Å². The van der Waals surface area contributed by atoms with Crippen LogP contribution in [-0.4, -0.2) is 59.3 Å². The van der Waals surface area contributed by atoms with Crippen LogP contribution in [0.1, 0.15) is 28.4 Å². The number of carbonyl (C=O) groups excluding carboxylic acids is 2. The summed E-state index contributed by atoms with van der Waals surface area (Å²) in [6, 6.07) is 11.6. The molecule has 0 radical (unpaired) electrons. The molecule has 2 heterocycles. The molecular weight excluding hydrogens is 340 g/mol. The molecule has 1 aromatic carbocycles. The van der Waals surface area contributed by atoms with Gasteiger partial charge in [-0.05, 0) is 29.7 Å². The van der Waals surface area contributed by atoms with Crippen LogP contribution in [0.15, 0.2) is 48.8 Å². The van der Waals surface area contributed by atoms with Gasteiger partial charge in [0.05, 0.1) is 0 Å². The molecule has 0 atom stereocenters. The zero-order chi connectivity index (χ0) is 19.1. The average Bonchev–Trinajstić information content (AvgIpc) is 2.74. The first-order chi connectivity index (χ1) is 13.2. The Bertz CT molecular complexity index is 756. The monoisotopic (exact) mass is 366 g/mol. The van der Waals surface area contributed by atoms with E-state index in [-0.39, 0.29) is 18.4 Å². The van der Waals surface area contributed by atoms with Gasteiger partial charge in [-0.25, -0.2) is 0 Å². The molecule has 1 aromatic heterocycles. The predicted octanol–water partition coefficient (Wildman–Crippen LogP) is 1.72. The van der Waals surface area contributed by atoms with Crippen molar-refractivity contribution in [1.29, 1.82) is 0 Å². The van der Waals surface area contributed by atoms with E-state index in [9.17, 15) is 9.59 Å². The van der Waals surface area contributed by atoms with Crippen molar-refractivity contribution in [2.24, 2.45) is 0 Å². The molecule has 2 amide bonds. The van der Waals surface area contributed by atoms with E-state index in [0.29, 0.717) is 25.2 Å². The van der Waals surface area contributed by atoms with Gasteiger partial charge in [0.1, 0.15) is 6.54 Å². The first-order valence-corrected chi connectivity index (χ1v) is 9.43. The lowest BCUT2D eigenvalue weighted by atomic mass is 10.1. The van der Waals surface area contributed by atoms with Crippen molar-refractivity contribution >= 4 is 11.8 Å². The van der Waals surface area contributed by atoms with Gasteiger partial charge in [-0.2, -0.15) is 0 Å². The Morgan fingerprint density at radius 3 is 2.30 bits per heavy atom. The molecule has 1 N–H and O–H groups in total. The number of carbonyl (C=O) groups is 2.